The number of likely N-dealkylation sites (tertiary alicyclic amines) is 1. The average molecular weight is 550 g/mol. The molecular weight excluding hydrogens is 514 g/mol. The summed E-state index contributed by atoms with van der Waals surface area (Å²) in [4.78, 5) is 28.8. The molecule has 0 saturated carbocycles. The first-order valence-corrected chi connectivity index (χ1v) is 15.1. The molecule has 0 unspecified atom stereocenters. The second kappa shape index (κ2) is 12.2. The van der Waals surface area contributed by atoms with Crippen molar-refractivity contribution in [1.82, 2.24) is 24.2 Å². The first kappa shape index (κ1) is 27.2. The fourth-order valence-electron chi connectivity index (χ4n) is 5.19. The third-order valence-corrected chi connectivity index (χ3v) is 9.31. The van der Waals surface area contributed by atoms with Crippen LogP contribution in [0.5, 0.6) is 0 Å². The number of amides is 1. The maximum Gasteiger partial charge on any atom is 0.278 e. The van der Waals surface area contributed by atoms with E-state index < -0.39 is 15.9 Å². The molecule has 5 rings (SSSR count). The Balaban J connectivity index is 1.29. The minimum atomic E-state index is -3.54. The molecule has 2 saturated heterocycles. The molecule has 206 valence electrons. The van der Waals surface area contributed by atoms with Crippen molar-refractivity contribution in [3.05, 3.63) is 60.2 Å². The Bertz CT molecular complexity index is 1400. The number of rotatable bonds is 9. The number of nitrogens with two attached hydrogens (primary N) is 1. The maximum atomic E-state index is 13.2. The molecule has 0 radical (unpaired) electrons. The van der Waals surface area contributed by atoms with E-state index in [1.54, 1.807) is 36.7 Å². The molecule has 3 N–H and O–H groups in total. The van der Waals surface area contributed by atoms with Crippen molar-refractivity contribution in [1.29, 1.82) is 0 Å². The zero-order valence-corrected chi connectivity index (χ0v) is 22.9. The molecular formula is C28H35N7O3S. The number of carbonyl (C=O) groups is 1. The summed E-state index contributed by atoms with van der Waals surface area (Å²) in [5.74, 6) is -0.458. The van der Waals surface area contributed by atoms with Crippen LogP contribution in [0.4, 0.5) is 11.5 Å². The summed E-state index contributed by atoms with van der Waals surface area (Å²) in [7, 11) is -3.54. The number of sulfonamides is 1. The Morgan fingerprint density at radius 2 is 1.67 bits per heavy atom. The number of anilines is 2. The molecule has 1 aromatic carbocycles. The zero-order valence-electron chi connectivity index (χ0n) is 22.1. The fraction of sp³-hybridized carbons (Fsp3) is 0.429. The molecule has 2 aliphatic heterocycles. The van der Waals surface area contributed by atoms with Crippen molar-refractivity contribution in [2.45, 2.75) is 49.8 Å². The topological polar surface area (TPSA) is 134 Å². The molecule has 0 spiro atoms. The summed E-state index contributed by atoms with van der Waals surface area (Å²) in [5, 5.41) is 2.91. The molecule has 0 bridgehead atoms. The summed E-state index contributed by atoms with van der Waals surface area (Å²) in [6, 6.07) is 8.42. The van der Waals surface area contributed by atoms with Gasteiger partial charge in [-0.1, -0.05) is 18.6 Å². The van der Waals surface area contributed by atoms with Gasteiger partial charge in [0.2, 0.25) is 10.0 Å². The number of benzene rings is 1. The van der Waals surface area contributed by atoms with Gasteiger partial charge in [0.25, 0.3) is 5.91 Å². The van der Waals surface area contributed by atoms with E-state index in [1.165, 1.54) is 23.3 Å². The van der Waals surface area contributed by atoms with Gasteiger partial charge in [0.05, 0.1) is 28.7 Å². The van der Waals surface area contributed by atoms with E-state index in [0.29, 0.717) is 30.0 Å². The van der Waals surface area contributed by atoms with E-state index >= 15 is 0 Å². The van der Waals surface area contributed by atoms with E-state index in [0.717, 1.165) is 57.3 Å². The number of hydrogen-bond donors (Lipinski definition) is 2. The minimum Gasteiger partial charge on any atom is -0.382 e. The Hall–Kier alpha value is -3.41. The van der Waals surface area contributed by atoms with Gasteiger partial charge >= 0.3 is 0 Å². The highest BCUT2D eigenvalue weighted by atomic mass is 32.2. The normalized spacial score (nSPS) is 16.8. The predicted molar refractivity (Wildman–Crippen MR) is 151 cm³/mol. The molecule has 0 atom stereocenters. The summed E-state index contributed by atoms with van der Waals surface area (Å²) in [6.07, 6.45) is 12.0. The molecule has 2 aliphatic rings. The molecule has 4 heterocycles. The number of nitrogens with one attached hydrogen (secondary N) is 1. The van der Waals surface area contributed by atoms with Crippen LogP contribution in [0.1, 0.15) is 54.6 Å². The second-order valence-corrected chi connectivity index (χ2v) is 12.1. The van der Waals surface area contributed by atoms with E-state index in [2.05, 4.69) is 25.2 Å². The number of aromatic nitrogens is 3. The van der Waals surface area contributed by atoms with Crippen LogP contribution < -0.4 is 11.1 Å². The van der Waals surface area contributed by atoms with E-state index in [-0.39, 0.29) is 16.4 Å². The van der Waals surface area contributed by atoms with E-state index in [9.17, 15) is 13.2 Å². The standard InChI is InChI=1S/C28H35N7O3S/c29-27-26(28(36)33-24-19-30-13-12-21(24)7-6-16-34-14-4-5-15-34)32-25(20-31-27)22-8-10-23(11-9-22)39(37,38)35-17-2-1-3-18-35/h8-13,19-20H,1-7,14-18H2,(H2,29,31)(H,33,36). The lowest BCUT2D eigenvalue weighted by atomic mass is 10.1. The third-order valence-electron chi connectivity index (χ3n) is 7.40. The van der Waals surface area contributed by atoms with Crippen molar-refractivity contribution in [2.24, 2.45) is 0 Å². The number of carbonyl (C=O) groups excluding carboxylic acids is 1. The Labute approximate surface area is 229 Å². The lowest BCUT2D eigenvalue weighted by Crippen LogP contribution is -2.35. The molecule has 0 aliphatic carbocycles. The number of hydrogen-bond acceptors (Lipinski definition) is 8. The van der Waals surface area contributed by atoms with Gasteiger partial charge in [-0.05, 0) is 81.9 Å². The van der Waals surface area contributed by atoms with Crippen LogP contribution >= 0.6 is 0 Å². The van der Waals surface area contributed by atoms with Crippen molar-refractivity contribution < 1.29 is 13.2 Å². The predicted octanol–water partition coefficient (Wildman–Crippen LogP) is 3.58. The smallest absolute Gasteiger partial charge is 0.278 e. The summed E-state index contributed by atoms with van der Waals surface area (Å²) in [6.45, 7) is 4.44. The fourth-order valence-corrected chi connectivity index (χ4v) is 6.71. The molecule has 39 heavy (non-hydrogen) atoms. The summed E-state index contributed by atoms with van der Waals surface area (Å²) >= 11 is 0. The molecule has 2 fully saturated rings. The third kappa shape index (κ3) is 6.43. The Kier molecular flexibility index (Phi) is 8.49. The van der Waals surface area contributed by atoms with Crippen molar-refractivity contribution in [3.8, 4) is 11.3 Å². The van der Waals surface area contributed by atoms with Crippen molar-refractivity contribution in [3.63, 3.8) is 0 Å². The largest absolute Gasteiger partial charge is 0.382 e. The van der Waals surface area contributed by atoms with E-state index in [4.69, 9.17) is 5.73 Å². The first-order valence-electron chi connectivity index (χ1n) is 13.6. The van der Waals surface area contributed by atoms with Gasteiger partial charge in [0.1, 0.15) is 0 Å². The molecule has 3 aromatic rings. The highest BCUT2D eigenvalue weighted by Crippen LogP contribution is 2.25. The van der Waals surface area contributed by atoms with Crippen LogP contribution in [0.15, 0.2) is 53.8 Å². The van der Waals surface area contributed by atoms with Gasteiger partial charge in [-0.15, -0.1) is 0 Å². The van der Waals surface area contributed by atoms with Crippen LogP contribution in [0.2, 0.25) is 0 Å². The van der Waals surface area contributed by atoms with Gasteiger partial charge in [-0.3, -0.25) is 9.78 Å². The average Bonchev–Trinajstić information content (AvgIpc) is 3.48. The number of aryl methyl sites for hydroxylation is 1. The Morgan fingerprint density at radius 3 is 2.41 bits per heavy atom. The van der Waals surface area contributed by atoms with E-state index in [1.807, 2.05) is 6.07 Å². The Morgan fingerprint density at radius 1 is 0.949 bits per heavy atom. The molecule has 11 heteroatoms. The van der Waals surface area contributed by atoms with Gasteiger partial charge in [-0.2, -0.15) is 4.31 Å². The lowest BCUT2D eigenvalue weighted by molar-refractivity contribution is 0.102. The SMILES string of the molecule is Nc1ncc(-c2ccc(S(=O)(=O)N3CCCCC3)cc2)nc1C(=O)Nc1cnccc1CCCN1CCCC1. The van der Waals surface area contributed by atoms with Gasteiger partial charge < -0.3 is 16.0 Å². The minimum absolute atomic E-state index is 0.00406. The number of nitrogen functional groups attached to an aromatic ring is 1. The zero-order chi connectivity index (χ0) is 27.2. The first-order chi connectivity index (χ1) is 18.9. The number of nitrogens with zero attached hydrogens (tertiary/aromatic N) is 5. The molecule has 10 nitrogen and oxygen atoms in total. The van der Waals surface area contributed by atoms with Crippen LogP contribution in [0, 0.1) is 0 Å². The molecule has 2 aromatic heterocycles. The number of pyridine rings is 1. The second-order valence-electron chi connectivity index (χ2n) is 10.1. The van der Waals surface area contributed by atoms with Gasteiger partial charge in [-0.25, -0.2) is 18.4 Å². The van der Waals surface area contributed by atoms with Crippen LogP contribution in [-0.4, -0.2) is 71.2 Å². The highest BCUT2D eigenvalue weighted by Gasteiger charge is 2.26. The van der Waals surface area contributed by atoms with Gasteiger partial charge in [0.15, 0.2) is 11.5 Å². The molecule has 1 amide bonds. The quantitative estimate of drug-likeness (QED) is 0.414. The number of piperidine rings is 1. The van der Waals surface area contributed by atoms with Crippen molar-refractivity contribution in [2.75, 3.05) is 43.8 Å². The monoisotopic (exact) mass is 549 g/mol. The van der Waals surface area contributed by atoms with Crippen LogP contribution in [-0.2, 0) is 16.4 Å². The van der Waals surface area contributed by atoms with Crippen LogP contribution in [0.25, 0.3) is 11.3 Å². The van der Waals surface area contributed by atoms with Gasteiger partial charge in [0, 0.05) is 24.8 Å². The lowest BCUT2D eigenvalue weighted by Gasteiger charge is -2.25. The highest BCUT2D eigenvalue weighted by molar-refractivity contribution is 7.89. The van der Waals surface area contributed by atoms with Crippen molar-refractivity contribution >= 4 is 27.4 Å². The summed E-state index contributed by atoms with van der Waals surface area (Å²) in [5.41, 5.74) is 8.73. The maximum absolute atomic E-state index is 13.2. The van der Waals surface area contributed by atoms with Crippen LogP contribution in [0.3, 0.4) is 0 Å². The summed E-state index contributed by atoms with van der Waals surface area (Å²) < 4.78 is 27.5.